The first-order valence-electron chi connectivity index (χ1n) is 17.3. The first kappa shape index (κ1) is 39.8. The lowest BCUT2D eigenvalue weighted by Gasteiger charge is -2.35. The molecule has 0 saturated carbocycles. The number of carbonyl (C=O) groups excluding carboxylic acids is 1. The van der Waals surface area contributed by atoms with Gasteiger partial charge in [0.15, 0.2) is 0 Å². The number of carbonyl (C=O) groups is 5. The summed E-state index contributed by atoms with van der Waals surface area (Å²) in [5, 5.41) is 53.7. The summed E-state index contributed by atoms with van der Waals surface area (Å²) in [6.45, 7) is 2.77. The van der Waals surface area contributed by atoms with E-state index >= 15 is 0 Å². The van der Waals surface area contributed by atoms with Crippen LogP contribution in [0.15, 0.2) is 54.7 Å². The van der Waals surface area contributed by atoms with Gasteiger partial charge in [-0.1, -0.05) is 30.3 Å². The van der Waals surface area contributed by atoms with Gasteiger partial charge in [-0.25, -0.2) is 0 Å². The second-order valence-electron chi connectivity index (χ2n) is 13.1. The molecular weight excluding hydrogens is 676 g/mol. The first-order valence-corrected chi connectivity index (χ1v) is 17.3. The van der Waals surface area contributed by atoms with Gasteiger partial charge in [0, 0.05) is 81.6 Å². The van der Waals surface area contributed by atoms with E-state index in [9.17, 15) is 49.5 Å². The predicted molar refractivity (Wildman–Crippen MR) is 191 cm³/mol. The summed E-state index contributed by atoms with van der Waals surface area (Å²) >= 11 is 0. The summed E-state index contributed by atoms with van der Waals surface area (Å²) in [5.41, 5.74) is 1.51. The number of aromatic nitrogens is 1. The zero-order valence-corrected chi connectivity index (χ0v) is 29.3. The molecule has 2 unspecified atom stereocenters. The van der Waals surface area contributed by atoms with Gasteiger partial charge in [-0.3, -0.25) is 48.1 Å². The van der Waals surface area contributed by atoms with Crippen molar-refractivity contribution in [1.82, 2.24) is 29.5 Å². The van der Waals surface area contributed by atoms with Crippen LogP contribution in [0.4, 0.5) is 0 Å². The molecule has 0 radical (unpaired) electrons. The Kier molecular flexibility index (Phi) is 14.5. The number of hydrogen-bond donors (Lipinski definition) is 6. The number of rotatable bonds is 15. The maximum atomic E-state index is 13.1. The number of nitrogens with zero attached hydrogens (tertiary/aromatic N) is 5. The number of carboxylic acids is 4. The Hall–Kier alpha value is -5.03. The van der Waals surface area contributed by atoms with Crippen LogP contribution in [0.25, 0.3) is 16.5 Å². The summed E-state index contributed by atoms with van der Waals surface area (Å²) in [6.07, 6.45) is 2.36. The molecule has 2 atom stereocenters. The lowest BCUT2D eigenvalue weighted by atomic mass is 10.00. The van der Waals surface area contributed by atoms with Crippen LogP contribution in [0.2, 0.25) is 0 Å². The van der Waals surface area contributed by atoms with Crippen LogP contribution in [-0.2, 0) is 24.0 Å². The van der Waals surface area contributed by atoms with Crippen molar-refractivity contribution < 1.29 is 49.5 Å². The third-order valence-corrected chi connectivity index (χ3v) is 9.39. The fourth-order valence-electron chi connectivity index (χ4n) is 6.45. The molecule has 6 N–H and O–H groups in total. The topological polar surface area (TPSA) is 216 Å². The molecule has 1 amide bonds. The summed E-state index contributed by atoms with van der Waals surface area (Å²) in [4.78, 5) is 66.8. The molecule has 3 aromatic rings. The van der Waals surface area contributed by atoms with E-state index in [0.29, 0.717) is 6.42 Å². The fraction of sp³-hybridized carbons (Fsp3) is 0.472. The molecule has 16 heteroatoms. The molecule has 282 valence electrons. The van der Waals surface area contributed by atoms with Crippen molar-refractivity contribution in [3.63, 3.8) is 0 Å². The van der Waals surface area contributed by atoms with Crippen molar-refractivity contribution in [1.29, 1.82) is 0 Å². The zero-order chi connectivity index (χ0) is 37.8. The molecule has 0 spiro atoms. The van der Waals surface area contributed by atoms with Crippen molar-refractivity contribution >= 4 is 40.6 Å². The highest BCUT2D eigenvalue weighted by Gasteiger charge is 2.28. The number of carboxylic acid groups (broad SMARTS) is 4. The van der Waals surface area contributed by atoms with Gasteiger partial charge in [-0.15, -0.1) is 0 Å². The van der Waals surface area contributed by atoms with E-state index in [-0.39, 0.29) is 96.7 Å². The summed E-state index contributed by atoms with van der Waals surface area (Å²) < 4.78 is 1.68. The lowest BCUT2D eigenvalue weighted by molar-refractivity contribution is -0.145. The molecule has 16 nitrogen and oxygen atoms in total. The fourth-order valence-corrected chi connectivity index (χ4v) is 6.45. The van der Waals surface area contributed by atoms with Crippen LogP contribution in [0, 0.1) is 0 Å². The quantitative estimate of drug-likeness (QED) is 0.122. The molecule has 52 heavy (non-hydrogen) atoms. The molecule has 1 saturated heterocycles. The molecule has 1 fully saturated rings. The minimum atomic E-state index is -1.09. The summed E-state index contributed by atoms with van der Waals surface area (Å²) in [6, 6.07) is 13.8. The van der Waals surface area contributed by atoms with Crippen molar-refractivity contribution in [3.8, 4) is 11.6 Å². The van der Waals surface area contributed by atoms with Crippen LogP contribution in [0.1, 0.15) is 31.2 Å². The number of aliphatic carboxylic acids is 4. The van der Waals surface area contributed by atoms with E-state index < -0.39 is 35.8 Å². The van der Waals surface area contributed by atoms with Gasteiger partial charge in [0.05, 0.1) is 25.6 Å². The van der Waals surface area contributed by atoms with Crippen LogP contribution in [0.3, 0.4) is 0 Å². The Labute approximate surface area is 301 Å². The smallest absolute Gasteiger partial charge is 0.320 e. The van der Waals surface area contributed by atoms with Gasteiger partial charge in [0.1, 0.15) is 6.04 Å². The van der Waals surface area contributed by atoms with Crippen molar-refractivity contribution in [2.45, 2.75) is 31.7 Å². The van der Waals surface area contributed by atoms with Crippen LogP contribution in [0.5, 0.6) is 5.88 Å². The van der Waals surface area contributed by atoms with E-state index in [1.165, 1.54) is 0 Å². The lowest BCUT2D eigenvalue weighted by Crippen LogP contribution is -2.52. The Morgan fingerprint density at radius 2 is 1.21 bits per heavy atom. The molecule has 1 aliphatic rings. The highest BCUT2D eigenvalue weighted by Crippen LogP contribution is 2.30. The minimum absolute atomic E-state index is 0.126. The molecule has 2 aromatic carbocycles. The van der Waals surface area contributed by atoms with E-state index in [1.54, 1.807) is 31.1 Å². The predicted octanol–water partition coefficient (Wildman–Crippen LogP) is 1.26. The highest BCUT2D eigenvalue weighted by atomic mass is 16.4. The van der Waals surface area contributed by atoms with Crippen LogP contribution >= 0.6 is 0 Å². The van der Waals surface area contributed by atoms with E-state index in [0.717, 1.165) is 22.0 Å². The number of hydrogen-bond acceptors (Lipinski definition) is 10. The standard InChI is InChI=1S/C36H48N6O10/c1-25(26-8-10-28(11-9-26)42-21-27-5-2-3-6-29(27)35(42)50)34(49)37-12-4-7-30(36(51)52)41-19-17-39(23-32(45)46)15-13-38(22-31(43)44)14-16-40(18-20-41)24-33(47)48/h2-3,5-6,8-11,21,25,30,50H,4,7,12-20,22-24H2,1H3,(H,37,49)(H,43,44)(H,45,46)(H,47,48)(H,51,52). The Morgan fingerprint density at radius 3 is 1.69 bits per heavy atom. The van der Waals surface area contributed by atoms with E-state index in [1.807, 2.05) is 54.7 Å². The molecule has 0 bridgehead atoms. The Balaban J connectivity index is 1.37. The molecular formula is C36H48N6O10. The third-order valence-electron chi connectivity index (χ3n) is 9.39. The average molecular weight is 725 g/mol. The van der Waals surface area contributed by atoms with Gasteiger partial charge < -0.3 is 30.8 Å². The number of aromatic hydroxyl groups is 1. The molecule has 1 aliphatic heterocycles. The second kappa shape index (κ2) is 19.0. The minimum Gasteiger partial charge on any atom is -0.494 e. The molecule has 1 aromatic heterocycles. The van der Waals surface area contributed by atoms with Gasteiger partial charge >= 0.3 is 23.9 Å². The van der Waals surface area contributed by atoms with Crippen molar-refractivity contribution in [3.05, 3.63) is 60.3 Å². The van der Waals surface area contributed by atoms with Crippen molar-refractivity contribution in [2.75, 3.05) is 78.5 Å². The normalized spacial score (nSPS) is 17.1. The van der Waals surface area contributed by atoms with E-state index in [4.69, 9.17) is 0 Å². The largest absolute Gasteiger partial charge is 0.494 e. The first-order chi connectivity index (χ1) is 24.8. The number of amides is 1. The maximum Gasteiger partial charge on any atom is 0.320 e. The van der Waals surface area contributed by atoms with Gasteiger partial charge in [0.2, 0.25) is 11.8 Å². The molecule has 0 aliphatic carbocycles. The Morgan fingerprint density at radius 1 is 0.712 bits per heavy atom. The Bertz CT molecular complexity index is 1660. The van der Waals surface area contributed by atoms with Crippen LogP contribution < -0.4 is 5.32 Å². The SMILES string of the molecule is CC(C(=O)NCCCC(C(=O)O)N1CCN(CC(=O)O)CCN(CC(=O)O)CCN(CC(=O)O)CC1)c1ccc(-n2cc3ccccc3c2O)cc1. The maximum absolute atomic E-state index is 13.1. The average Bonchev–Trinajstić information content (AvgIpc) is 3.43. The molecule has 4 rings (SSSR count). The summed E-state index contributed by atoms with van der Waals surface area (Å²) in [5.74, 6) is -4.88. The number of fused-ring (bicyclic) bond motifs is 1. The number of nitrogens with one attached hydrogen (secondary N) is 1. The monoisotopic (exact) mass is 724 g/mol. The van der Waals surface area contributed by atoms with Crippen molar-refractivity contribution in [2.24, 2.45) is 0 Å². The van der Waals surface area contributed by atoms with Gasteiger partial charge in [0.25, 0.3) is 0 Å². The number of benzene rings is 2. The third kappa shape index (κ3) is 11.5. The zero-order valence-electron chi connectivity index (χ0n) is 29.3. The van der Waals surface area contributed by atoms with E-state index in [2.05, 4.69) is 5.32 Å². The second-order valence-corrected chi connectivity index (χ2v) is 13.1. The highest BCUT2D eigenvalue weighted by molar-refractivity contribution is 5.88. The van der Waals surface area contributed by atoms with Crippen LogP contribution in [-0.4, -0.2) is 164 Å². The van der Waals surface area contributed by atoms with Gasteiger partial charge in [-0.2, -0.15) is 0 Å². The molecule has 2 heterocycles. The summed E-state index contributed by atoms with van der Waals surface area (Å²) in [7, 11) is 0. The van der Waals surface area contributed by atoms with Gasteiger partial charge in [-0.05, 0) is 43.5 Å².